The van der Waals surface area contributed by atoms with E-state index in [1.54, 1.807) is 0 Å². The smallest absolute Gasteiger partial charge is 0.226 e. The average Bonchev–Trinajstić information content (AvgIpc) is 2.12. The van der Waals surface area contributed by atoms with Gasteiger partial charge in [-0.25, -0.2) is 30.4 Å². The number of sulfonamides is 1. The minimum atomic E-state index is -6.26. The molecule has 0 aliphatic heterocycles. The molecule has 0 bridgehead atoms. The Labute approximate surface area is 107 Å². The van der Waals surface area contributed by atoms with Crippen molar-refractivity contribution < 1.29 is 38.4 Å². The number of nitrogens with two attached hydrogens (primary N) is 1. The summed E-state index contributed by atoms with van der Waals surface area (Å²) < 4.78 is 101. The predicted octanol–water partition coefficient (Wildman–Crippen LogP) is -0.392. The van der Waals surface area contributed by atoms with Gasteiger partial charge in [-0.1, -0.05) is 13.2 Å². The van der Waals surface area contributed by atoms with Crippen molar-refractivity contribution in [3.8, 4) is 0 Å². The highest BCUT2D eigenvalue weighted by atomic mass is 32.3. The Kier molecular flexibility index (Phi) is 4.35. The van der Waals surface area contributed by atoms with Crippen molar-refractivity contribution in [2.24, 2.45) is 5.14 Å². The Morgan fingerprint density at radius 2 is 1.11 bits per heavy atom. The second-order valence-corrected chi connectivity index (χ2v) is 9.57. The lowest BCUT2D eigenvalue weighted by atomic mass is 10.7. The summed E-state index contributed by atoms with van der Waals surface area (Å²) in [5.41, 5.74) is 0. The van der Waals surface area contributed by atoms with Gasteiger partial charge >= 0.3 is 9.59 Å². The number of halogens is 3. The van der Waals surface area contributed by atoms with Gasteiger partial charge < -0.3 is 0 Å². The Morgan fingerprint density at radius 3 is 1.21 bits per heavy atom. The molecule has 0 amide bonds. The van der Waals surface area contributed by atoms with Crippen LogP contribution in [0.15, 0.2) is 24.0 Å². The molecule has 0 aromatic rings. The summed E-state index contributed by atoms with van der Waals surface area (Å²) in [7, 11) is -18.0. The third kappa shape index (κ3) is 2.30. The van der Waals surface area contributed by atoms with Crippen LogP contribution in [0.4, 0.5) is 13.2 Å². The number of rotatable bonds is 5. The fraction of sp³-hybridized carbons (Fsp3) is 0.333. The van der Waals surface area contributed by atoms with Crippen molar-refractivity contribution in [2.75, 3.05) is 0 Å². The minimum absolute atomic E-state index is 0.452. The van der Waals surface area contributed by atoms with Crippen LogP contribution in [0.3, 0.4) is 0 Å². The quantitative estimate of drug-likeness (QED) is 0.724. The van der Waals surface area contributed by atoms with Crippen LogP contribution in [0.1, 0.15) is 0 Å². The van der Waals surface area contributed by atoms with Crippen LogP contribution in [-0.4, -0.2) is 34.8 Å². The van der Waals surface area contributed by atoms with Crippen molar-refractivity contribution in [3.63, 3.8) is 0 Å². The zero-order valence-corrected chi connectivity index (χ0v) is 11.4. The summed E-state index contributed by atoms with van der Waals surface area (Å²) >= 11 is 0. The lowest BCUT2D eigenvalue weighted by molar-refractivity contribution is -0.123. The molecule has 0 aliphatic rings. The molecule has 0 rings (SSSR count). The number of alkyl halides is 3. The normalized spacial score (nSPS) is 14.9. The van der Waals surface area contributed by atoms with Gasteiger partial charge in [-0.3, -0.25) is 0 Å². The maximum Gasteiger partial charge on any atom is 0.439 e. The first-order chi connectivity index (χ1) is 8.12. The summed E-state index contributed by atoms with van der Waals surface area (Å²) in [6.45, 7) is 4.93. The zero-order chi connectivity index (χ0) is 15.9. The van der Waals surface area contributed by atoms with E-state index in [1.807, 2.05) is 0 Å². The standard InChI is InChI=1S/C6H8F3NO6S3/c1-3-17(11,12)6(5(7,8)9,19(10,15)16)18(13,14)4-2/h3-4H,1-2H2,(H2,10,15,16). The Hall–Kier alpha value is -0.920. The van der Waals surface area contributed by atoms with E-state index in [4.69, 9.17) is 0 Å². The highest BCUT2D eigenvalue weighted by Crippen LogP contribution is 2.46. The summed E-state index contributed by atoms with van der Waals surface area (Å²) in [6, 6.07) is 0. The first-order valence-electron chi connectivity index (χ1n) is 3.95. The molecule has 0 aliphatic carbocycles. The van der Waals surface area contributed by atoms with Gasteiger partial charge in [0.15, 0.2) is 0 Å². The summed E-state index contributed by atoms with van der Waals surface area (Å²) in [6.07, 6.45) is -6.26. The summed E-state index contributed by atoms with van der Waals surface area (Å²) in [5.74, 6) is 0. The first-order valence-corrected chi connectivity index (χ1v) is 8.59. The predicted molar refractivity (Wildman–Crippen MR) is 60.1 cm³/mol. The molecule has 7 nitrogen and oxygen atoms in total. The summed E-state index contributed by atoms with van der Waals surface area (Å²) in [5, 5.41) is 3.32. The molecular formula is C6H8F3NO6S3. The van der Waals surface area contributed by atoms with E-state index in [0.717, 1.165) is 0 Å². The molecule has 0 heterocycles. The molecule has 0 spiro atoms. The molecule has 112 valence electrons. The van der Waals surface area contributed by atoms with E-state index in [0.29, 0.717) is 0 Å². The minimum Gasteiger partial charge on any atom is -0.226 e. The Bertz CT molecular complexity index is 662. The van der Waals surface area contributed by atoms with E-state index in [9.17, 15) is 38.4 Å². The van der Waals surface area contributed by atoms with Crippen molar-refractivity contribution in [3.05, 3.63) is 24.0 Å². The van der Waals surface area contributed by atoms with Crippen LogP contribution < -0.4 is 5.14 Å². The fourth-order valence-electron chi connectivity index (χ4n) is 1.19. The molecule has 0 radical (unpaired) electrons. The van der Waals surface area contributed by atoms with Gasteiger partial charge in [-0.05, 0) is 0 Å². The molecule has 2 N–H and O–H groups in total. The van der Waals surface area contributed by atoms with Crippen molar-refractivity contribution in [1.29, 1.82) is 0 Å². The van der Waals surface area contributed by atoms with E-state index in [-0.39, 0.29) is 0 Å². The van der Waals surface area contributed by atoms with E-state index in [1.165, 1.54) is 0 Å². The number of primary sulfonamides is 1. The maximum absolute atomic E-state index is 12.9. The SMILES string of the molecule is C=CS(=O)(=O)C(C(F)(F)F)(S(N)(=O)=O)S(=O)(=O)C=C. The van der Waals surface area contributed by atoms with E-state index < -0.39 is 50.1 Å². The number of hydrogen-bond donors (Lipinski definition) is 1. The Balaban J connectivity index is 7.43. The molecule has 0 fully saturated rings. The highest BCUT2D eigenvalue weighted by Gasteiger charge is 2.78. The van der Waals surface area contributed by atoms with Gasteiger partial charge in [-0.2, -0.15) is 13.2 Å². The van der Waals surface area contributed by atoms with Gasteiger partial charge in [0, 0.05) is 10.8 Å². The van der Waals surface area contributed by atoms with E-state index >= 15 is 0 Å². The molecule has 0 saturated heterocycles. The maximum atomic E-state index is 12.9. The van der Waals surface area contributed by atoms with Crippen molar-refractivity contribution >= 4 is 29.7 Å². The van der Waals surface area contributed by atoms with Gasteiger partial charge in [0.25, 0.3) is 10.0 Å². The molecular weight excluding hydrogens is 335 g/mol. The first kappa shape index (κ1) is 18.1. The third-order valence-corrected chi connectivity index (χ3v) is 9.91. The molecule has 0 saturated carbocycles. The Morgan fingerprint density at radius 1 is 0.842 bits per heavy atom. The van der Waals surface area contributed by atoms with Crippen LogP contribution >= 0.6 is 0 Å². The second-order valence-electron chi connectivity index (χ2n) is 3.02. The van der Waals surface area contributed by atoms with Crippen molar-refractivity contribution in [2.45, 2.75) is 9.59 Å². The summed E-state index contributed by atoms with van der Waals surface area (Å²) in [4.78, 5) is 0. The molecule has 0 unspecified atom stereocenters. The largest absolute Gasteiger partial charge is 0.439 e. The molecule has 19 heavy (non-hydrogen) atoms. The molecule has 0 atom stereocenters. The van der Waals surface area contributed by atoms with Crippen molar-refractivity contribution in [1.82, 2.24) is 0 Å². The number of sulfone groups is 2. The van der Waals surface area contributed by atoms with Gasteiger partial charge in [0.05, 0.1) is 0 Å². The van der Waals surface area contributed by atoms with Gasteiger partial charge in [0.2, 0.25) is 19.7 Å². The molecule has 0 aromatic carbocycles. The second kappa shape index (κ2) is 4.57. The fourth-order valence-corrected chi connectivity index (χ4v) is 7.30. The third-order valence-electron chi connectivity index (χ3n) is 1.91. The average molecular weight is 343 g/mol. The van der Waals surface area contributed by atoms with Gasteiger partial charge in [-0.15, -0.1) is 0 Å². The number of hydrogen-bond acceptors (Lipinski definition) is 6. The van der Waals surface area contributed by atoms with Crippen LogP contribution in [0.2, 0.25) is 0 Å². The van der Waals surface area contributed by atoms with Crippen LogP contribution in [0.25, 0.3) is 0 Å². The lowest BCUT2D eigenvalue weighted by Crippen LogP contribution is -2.63. The lowest BCUT2D eigenvalue weighted by Gasteiger charge is -2.29. The molecule has 13 heteroatoms. The van der Waals surface area contributed by atoms with Gasteiger partial charge in [0.1, 0.15) is 0 Å². The van der Waals surface area contributed by atoms with Crippen LogP contribution in [0, 0.1) is 0 Å². The van der Waals surface area contributed by atoms with Crippen LogP contribution in [-0.2, 0) is 29.7 Å². The molecule has 0 aromatic heterocycles. The van der Waals surface area contributed by atoms with Crippen LogP contribution in [0.5, 0.6) is 0 Å². The van der Waals surface area contributed by atoms with E-state index in [2.05, 4.69) is 18.3 Å². The highest BCUT2D eigenvalue weighted by molar-refractivity contribution is 8.27. The zero-order valence-electron chi connectivity index (χ0n) is 8.95. The monoisotopic (exact) mass is 343 g/mol. The topological polar surface area (TPSA) is 128 Å².